The summed E-state index contributed by atoms with van der Waals surface area (Å²) < 4.78 is 40.0. The highest BCUT2D eigenvalue weighted by Crippen LogP contribution is 2.22. The van der Waals surface area contributed by atoms with E-state index in [0.29, 0.717) is 17.7 Å². The van der Waals surface area contributed by atoms with E-state index in [9.17, 15) is 22.4 Å². The van der Waals surface area contributed by atoms with Crippen molar-refractivity contribution in [1.82, 2.24) is 4.72 Å². The van der Waals surface area contributed by atoms with Crippen molar-refractivity contribution >= 4 is 33.6 Å². The Bertz CT molecular complexity index is 1020. The number of carbonyl (C=O) groups excluding carboxylic acids is 2. The molecule has 0 aliphatic rings. The number of carbonyl (C=O) groups is 2. The SMILES string of the molecule is CCCC(C(=O)NS(=O)(=O)C=Cc1ccccc1)C(=O)N(c1ccc(F)cc1)C(C)C. The highest BCUT2D eigenvalue weighted by Gasteiger charge is 2.33. The summed E-state index contributed by atoms with van der Waals surface area (Å²) >= 11 is 0. The van der Waals surface area contributed by atoms with Gasteiger partial charge in [0.25, 0.3) is 10.0 Å². The van der Waals surface area contributed by atoms with Crippen LogP contribution in [0.2, 0.25) is 0 Å². The molecule has 31 heavy (non-hydrogen) atoms. The number of sulfonamides is 1. The number of anilines is 1. The van der Waals surface area contributed by atoms with Gasteiger partial charge in [-0.2, -0.15) is 0 Å². The zero-order chi connectivity index (χ0) is 23.0. The van der Waals surface area contributed by atoms with Crippen molar-refractivity contribution < 1.29 is 22.4 Å². The minimum absolute atomic E-state index is 0.174. The lowest BCUT2D eigenvalue weighted by Gasteiger charge is -2.30. The van der Waals surface area contributed by atoms with Crippen LogP contribution in [0.1, 0.15) is 39.2 Å². The Morgan fingerprint density at radius 1 is 1.06 bits per heavy atom. The lowest BCUT2D eigenvalue weighted by atomic mass is 10.00. The average Bonchev–Trinajstić information content (AvgIpc) is 2.72. The molecule has 0 fully saturated rings. The fourth-order valence-electron chi connectivity index (χ4n) is 3.08. The molecule has 1 atom stereocenters. The van der Waals surface area contributed by atoms with Crippen LogP contribution in [0.4, 0.5) is 10.1 Å². The van der Waals surface area contributed by atoms with Gasteiger partial charge in [0.15, 0.2) is 0 Å². The van der Waals surface area contributed by atoms with E-state index in [1.165, 1.54) is 35.2 Å². The molecule has 2 amide bonds. The summed E-state index contributed by atoms with van der Waals surface area (Å²) in [4.78, 5) is 27.4. The summed E-state index contributed by atoms with van der Waals surface area (Å²) in [5.41, 5.74) is 1.09. The molecule has 0 saturated heterocycles. The number of nitrogens with zero attached hydrogens (tertiary/aromatic N) is 1. The van der Waals surface area contributed by atoms with E-state index in [4.69, 9.17) is 0 Å². The van der Waals surface area contributed by atoms with Gasteiger partial charge in [-0.05, 0) is 56.2 Å². The first-order chi connectivity index (χ1) is 14.6. The predicted octanol–water partition coefficient (Wildman–Crippen LogP) is 4.10. The quantitative estimate of drug-likeness (QED) is 0.588. The van der Waals surface area contributed by atoms with Gasteiger partial charge in [-0.3, -0.25) is 9.59 Å². The maximum absolute atomic E-state index is 13.3. The normalized spacial score (nSPS) is 12.7. The summed E-state index contributed by atoms with van der Waals surface area (Å²) in [6.45, 7) is 5.33. The summed E-state index contributed by atoms with van der Waals surface area (Å²) in [6.07, 6.45) is 2.04. The summed E-state index contributed by atoms with van der Waals surface area (Å²) in [5, 5.41) is 0.897. The van der Waals surface area contributed by atoms with Crippen LogP contribution in [0.15, 0.2) is 60.0 Å². The first-order valence-electron chi connectivity index (χ1n) is 10.0. The summed E-state index contributed by atoms with van der Waals surface area (Å²) in [7, 11) is -4.09. The van der Waals surface area contributed by atoms with Crippen molar-refractivity contribution in [2.24, 2.45) is 5.92 Å². The van der Waals surface area contributed by atoms with Gasteiger partial charge in [0.2, 0.25) is 11.8 Å². The van der Waals surface area contributed by atoms with E-state index in [-0.39, 0.29) is 12.5 Å². The Labute approximate surface area is 182 Å². The van der Waals surface area contributed by atoms with Crippen LogP contribution in [-0.4, -0.2) is 26.3 Å². The van der Waals surface area contributed by atoms with Gasteiger partial charge in [0, 0.05) is 11.7 Å². The molecule has 2 aromatic rings. The van der Waals surface area contributed by atoms with Crippen LogP contribution in [0, 0.1) is 11.7 Å². The maximum atomic E-state index is 13.3. The zero-order valence-corrected chi connectivity index (χ0v) is 18.6. The fraction of sp³-hybridized carbons (Fsp3) is 0.304. The smallest absolute Gasteiger partial charge is 0.257 e. The van der Waals surface area contributed by atoms with E-state index in [1.807, 2.05) is 4.72 Å². The molecule has 0 bridgehead atoms. The molecule has 2 rings (SSSR count). The Hall–Kier alpha value is -3.00. The molecular formula is C23H27FN2O4S. The Kier molecular flexibility index (Phi) is 8.50. The number of benzene rings is 2. The van der Waals surface area contributed by atoms with E-state index >= 15 is 0 Å². The van der Waals surface area contributed by atoms with Crippen molar-refractivity contribution in [3.63, 3.8) is 0 Å². The molecule has 2 aromatic carbocycles. The second kappa shape index (κ2) is 10.9. The molecule has 0 saturated carbocycles. The van der Waals surface area contributed by atoms with Crippen LogP contribution in [0.25, 0.3) is 6.08 Å². The first kappa shape index (κ1) is 24.3. The van der Waals surface area contributed by atoms with Gasteiger partial charge >= 0.3 is 0 Å². The standard InChI is InChI=1S/C23H27FN2O4S/c1-4-8-21(23(28)26(17(2)3)20-13-11-19(24)12-14-20)22(27)25-31(29,30)16-15-18-9-6-5-7-10-18/h5-7,9-17,21H,4,8H2,1-3H3,(H,25,27). The number of hydrogen-bond donors (Lipinski definition) is 1. The highest BCUT2D eigenvalue weighted by molar-refractivity contribution is 7.93. The number of amides is 2. The maximum Gasteiger partial charge on any atom is 0.257 e. The van der Waals surface area contributed by atoms with Crippen molar-refractivity contribution in [2.45, 2.75) is 39.7 Å². The molecule has 1 N–H and O–H groups in total. The molecule has 0 spiro atoms. The lowest BCUT2D eigenvalue weighted by molar-refractivity contribution is -0.133. The van der Waals surface area contributed by atoms with Crippen molar-refractivity contribution in [2.75, 3.05) is 4.90 Å². The number of halogens is 1. The van der Waals surface area contributed by atoms with E-state index in [2.05, 4.69) is 0 Å². The van der Waals surface area contributed by atoms with E-state index in [0.717, 1.165) is 5.41 Å². The minimum Gasteiger partial charge on any atom is -0.309 e. The highest BCUT2D eigenvalue weighted by atomic mass is 32.2. The number of hydrogen-bond acceptors (Lipinski definition) is 4. The Balaban J connectivity index is 2.24. The predicted molar refractivity (Wildman–Crippen MR) is 120 cm³/mol. The third kappa shape index (κ3) is 7.03. The zero-order valence-electron chi connectivity index (χ0n) is 17.8. The monoisotopic (exact) mass is 446 g/mol. The third-order valence-corrected chi connectivity index (χ3v) is 5.51. The first-order valence-corrected chi connectivity index (χ1v) is 11.6. The van der Waals surface area contributed by atoms with Gasteiger partial charge in [-0.1, -0.05) is 43.7 Å². The van der Waals surface area contributed by atoms with Crippen LogP contribution in [0.3, 0.4) is 0 Å². The average molecular weight is 447 g/mol. The molecular weight excluding hydrogens is 419 g/mol. The molecule has 0 heterocycles. The lowest BCUT2D eigenvalue weighted by Crippen LogP contribution is -2.47. The van der Waals surface area contributed by atoms with Crippen LogP contribution < -0.4 is 9.62 Å². The fourth-order valence-corrected chi connectivity index (χ4v) is 3.91. The second-order valence-corrected chi connectivity index (χ2v) is 8.91. The number of nitrogens with one attached hydrogen (secondary N) is 1. The topological polar surface area (TPSA) is 83.5 Å². The summed E-state index contributed by atoms with van der Waals surface area (Å²) in [5.74, 6) is -3.07. The minimum atomic E-state index is -4.09. The van der Waals surface area contributed by atoms with Crippen LogP contribution in [-0.2, 0) is 19.6 Å². The van der Waals surface area contributed by atoms with Crippen LogP contribution >= 0.6 is 0 Å². The van der Waals surface area contributed by atoms with E-state index in [1.54, 1.807) is 51.1 Å². The molecule has 0 aliphatic carbocycles. The Morgan fingerprint density at radius 2 is 1.68 bits per heavy atom. The molecule has 1 unspecified atom stereocenters. The third-order valence-electron chi connectivity index (χ3n) is 4.53. The van der Waals surface area contributed by atoms with Gasteiger partial charge in [0.1, 0.15) is 11.7 Å². The number of rotatable bonds is 9. The molecule has 166 valence electrons. The van der Waals surface area contributed by atoms with E-state index < -0.39 is 33.6 Å². The Morgan fingerprint density at radius 3 is 2.23 bits per heavy atom. The van der Waals surface area contributed by atoms with Gasteiger partial charge < -0.3 is 4.90 Å². The molecule has 6 nitrogen and oxygen atoms in total. The van der Waals surface area contributed by atoms with Crippen molar-refractivity contribution in [3.8, 4) is 0 Å². The van der Waals surface area contributed by atoms with Crippen molar-refractivity contribution in [1.29, 1.82) is 0 Å². The van der Waals surface area contributed by atoms with Crippen LogP contribution in [0.5, 0.6) is 0 Å². The second-order valence-electron chi connectivity index (χ2n) is 7.34. The molecule has 0 aromatic heterocycles. The molecule has 0 radical (unpaired) electrons. The van der Waals surface area contributed by atoms with Gasteiger partial charge in [-0.25, -0.2) is 17.5 Å². The van der Waals surface area contributed by atoms with Crippen molar-refractivity contribution in [3.05, 3.63) is 71.4 Å². The van der Waals surface area contributed by atoms with Gasteiger partial charge in [0.05, 0.1) is 5.41 Å². The molecule has 0 aliphatic heterocycles. The molecule has 8 heteroatoms. The largest absolute Gasteiger partial charge is 0.309 e. The van der Waals surface area contributed by atoms with Gasteiger partial charge in [-0.15, -0.1) is 0 Å². The summed E-state index contributed by atoms with van der Waals surface area (Å²) in [6, 6.07) is 13.8.